The summed E-state index contributed by atoms with van der Waals surface area (Å²) in [5.74, 6) is 0.440. The zero-order chi connectivity index (χ0) is 14.2. The lowest BCUT2D eigenvalue weighted by atomic mass is 9.66. The summed E-state index contributed by atoms with van der Waals surface area (Å²) in [6.45, 7) is 4.47. The number of carbonyl (C=O) groups is 1. The molecule has 2 aromatic rings. The Morgan fingerprint density at radius 1 is 1.20 bits per heavy atom. The van der Waals surface area contributed by atoms with Crippen LogP contribution in [0.3, 0.4) is 0 Å². The first-order valence-corrected chi connectivity index (χ1v) is 7.47. The zero-order valence-corrected chi connectivity index (χ0v) is 12.2. The summed E-state index contributed by atoms with van der Waals surface area (Å²) in [4.78, 5) is 17.4. The molecule has 1 aromatic carbocycles. The van der Waals surface area contributed by atoms with Crippen molar-refractivity contribution in [3.05, 3.63) is 42.1 Å². The number of ketones is 1. The number of hydrogen-bond donors (Lipinski definition) is 0. The first-order chi connectivity index (χ1) is 9.59. The van der Waals surface area contributed by atoms with Gasteiger partial charge in [-0.3, -0.25) is 9.78 Å². The maximum atomic E-state index is 13.0. The highest BCUT2D eigenvalue weighted by Crippen LogP contribution is 2.42. The highest BCUT2D eigenvalue weighted by molar-refractivity contribution is 6.08. The summed E-state index contributed by atoms with van der Waals surface area (Å²) < 4.78 is 0. The van der Waals surface area contributed by atoms with Crippen molar-refractivity contribution in [2.45, 2.75) is 39.5 Å². The Bertz CT molecular complexity index is 639. The Kier molecular flexibility index (Phi) is 3.33. The predicted molar refractivity (Wildman–Crippen MR) is 81.8 cm³/mol. The highest BCUT2D eigenvalue weighted by atomic mass is 16.1. The number of Topliss-reactive ketones (excluding diaryl/α,β-unsaturated/α-hetero) is 1. The molecule has 1 fully saturated rings. The van der Waals surface area contributed by atoms with Crippen LogP contribution in [0.2, 0.25) is 0 Å². The van der Waals surface area contributed by atoms with E-state index in [0.717, 1.165) is 29.3 Å². The molecule has 1 aliphatic carbocycles. The van der Waals surface area contributed by atoms with Crippen molar-refractivity contribution in [3.8, 4) is 0 Å². The van der Waals surface area contributed by atoms with Crippen molar-refractivity contribution in [1.29, 1.82) is 0 Å². The molecule has 1 heterocycles. The molecular formula is C18H21NO. The SMILES string of the molecule is CC1(C)CCCCC1C(=O)c1cccc2ncccc12. The van der Waals surface area contributed by atoms with Crippen LogP contribution in [-0.2, 0) is 0 Å². The van der Waals surface area contributed by atoms with Gasteiger partial charge >= 0.3 is 0 Å². The molecule has 20 heavy (non-hydrogen) atoms. The first kappa shape index (κ1) is 13.3. The van der Waals surface area contributed by atoms with Gasteiger partial charge in [-0.2, -0.15) is 0 Å². The number of benzene rings is 1. The predicted octanol–water partition coefficient (Wildman–Crippen LogP) is 4.63. The van der Waals surface area contributed by atoms with Gasteiger partial charge in [0.15, 0.2) is 5.78 Å². The van der Waals surface area contributed by atoms with Gasteiger partial charge in [-0.25, -0.2) is 0 Å². The summed E-state index contributed by atoms with van der Waals surface area (Å²) >= 11 is 0. The van der Waals surface area contributed by atoms with E-state index in [1.807, 2.05) is 30.3 Å². The molecule has 104 valence electrons. The molecule has 0 N–H and O–H groups in total. The highest BCUT2D eigenvalue weighted by Gasteiger charge is 2.37. The number of nitrogens with zero attached hydrogens (tertiary/aromatic N) is 1. The van der Waals surface area contributed by atoms with Gasteiger partial charge in [0.05, 0.1) is 5.52 Å². The number of rotatable bonds is 2. The molecule has 0 bridgehead atoms. The van der Waals surface area contributed by atoms with E-state index >= 15 is 0 Å². The average Bonchev–Trinajstić information content (AvgIpc) is 2.45. The van der Waals surface area contributed by atoms with Crippen LogP contribution in [-0.4, -0.2) is 10.8 Å². The third-order valence-corrected chi connectivity index (χ3v) is 4.73. The number of carbonyl (C=O) groups excluding carboxylic acids is 1. The Hall–Kier alpha value is -1.70. The molecule has 0 spiro atoms. The molecule has 0 amide bonds. The second-order valence-electron chi connectivity index (χ2n) is 6.53. The summed E-state index contributed by atoms with van der Waals surface area (Å²) in [5, 5.41) is 0.987. The van der Waals surface area contributed by atoms with Gasteiger partial charge in [0.2, 0.25) is 0 Å². The lowest BCUT2D eigenvalue weighted by molar-refractivity contribution is 0.0699. The third-order valence-electron chi connectivity index (χ3n) is 4.73. The normalized spacial score (nSPS) is 21.8. The quantitative estimate of drug-likeness (QED) is 0.742. The van der Waals surface area contributed by atoms with Crippen molar-refractivity contribution in [2.24, 2.45) is 11.3 Å². The zero-order valence-electron chi connectivity index (χ0n) is 12.2. The van der Waals surface area contributed by atoms with Gasteiger partial charge < -0.3 is 0 Å². The van der Waals surface area contributed by atoms with Crippen LogP contribution in [0.15, 0.2) is 36.5 Å². The lowest BCUT2D eigenvalue weighted by Gasteiger charge is -2.37. The molecule has 2 nitrogen and oxygen atoms in total. The van der Waals surface area contributed by atoms with Crippen molar-refractivity contribution in [2.75, 3.05) is 0 Å². The smallest absolute Gasteiger partial charge is 0.167 e. The fourth-order valence-corrected chi connectivity index (χ4v) is 3.49. The van der Waals surface area contributed by atoms with Crippen LogP contribution in [0.25, 0.3) is 10.9 Å². The number of fused-ring (bicyclic) bond motifs is 1. The van der Waals surface area contributed by atoms with E-state index in [2.05, 4.69) is 18.8 Å². The minimum absolute atomic E-state index is 0.111. The molecule has 1 aromatic heterocycles. The summed E-state index contributed by atoms with van der Waals surface area (Å²) in [5.41, 5.74) is 1.86. The standard InChI is InChI=1S/C18H21NO/c1-18(2)11-4-3-9-15(18)17(20)14-7-5-10-16-13(14)8-6-12-19-16/h5-8,10,12,15H,3-4,9,11H2,1-2H3. The molecule has 2 heteroatoms. The Labute approximate surface area is 120 Å². The van der Waals surface area contributed by atoms with Crippen molar-refractivity contribution >= 4 is 16.7 Å². The molecule has 1 unspecified atom stereocenters. The van der Waals surface area contributed by atoms with E-state index in [9.17, 15) is 4.79 Å². The Morgan fingerprint density at radius 3 is 2.85 bits per heavy atom. The van der Waals surface area contributed by atoms with Gasteiger partial charge in [-0.05, 0) is 30.4 Å². The topological polar surface area (TPSA) is 30.0 Å². The van der Waals surface area contributed by atoms with Crippen molar-refractivity contribution in [1.82, 2.24) is 4.98 Å². The summed E-state index contributed by atoms with van der Waals surface area (Å²) in [6.07, 6.45) is 6.35. The van der Waals surface area contributed by atoms with Crippen LogP contribution >= 0.6 is 0 Å². The van der Waals surface area contributed by atoms with Crippen LogP contribution in [0, 0.1) is 11.3 Å². The lowest BCUT2D eigenvalue weighted by Crippen LogP contribution is -2.34. The van der Waals surface area contributed by atoms with Crippen LogP contribution in [0.5, 0.6) is 0 Å². The van der Waals surface area contributed by atoms with Gasteiger partial charge in [0, 0.05) is 23.1 Å². The average molecular weight is 267 g/mol. The number of aromatic nitrogens is 1. The monoisotopic (exact) mass is 267 g/mol. The Balaban J connectivity index is 2.04. The maximum Gasteiger partial charge on any atom is 0.167 e. The fourth-order valence-electron chi connectivity index (χ4n) is 3.49. The van der Waals surface area contributed by atoms with E-state index in [1.165, 1.54) is 12.8 Å². The second-order valence-corrected chi connectivity index (χ2v) is 6.53. The molecule has 3 rings (SSSR count). The number of pyridine rings is 1. The van der Waals surface area contributed by atoms with Crippen LogP contribution in [0.1, 0.15) is 49.9 Å². The van der Waals surface area contributed by atoms with Crippen molar-refractivity contribution < 1.29 is 4.79 Å². The van der Waals surface area contributed by atoms with E-state index in [1.54, 1.807) is 6.20 Å². The molecule has 1 aliphatic rings. The molecule has 0 saturated heterocycles. The van der Waals surface area contributed by atoms with E-state index in [-0.39, 0.29) is 11.3 Å². The van der Waals surface area contributed by atoms with Gasteiger partial charge in [-0.15, -0.1) is 0 Å². The molecule has 0 radical (unpaired) electrons. The molecule has 1 atom stereocenters. The molecular weight excluding hydrogens is 246 g/mol. The van der Waals surface area contributed by atoms with E-state index in [4.69, 9.17) is 0 Å². The van der Waals surface area contributed by atoms with Crippen molar-refractivity contribution in [3.63, 3.8) is 0 Å². The Morgan fingerprint density at radius 2 is 2.05 bits per heavy atom. The van der Waals surface area contributed by atoms with Gasteiger partial charge in [-0.1, -0.05) is 44.9 Å². The largest absolute Gasteiger partial charge is 0.294 e. The fraction of sp³-hybridized carbons (Fsp3) is 0.444. The number of hydrogen-bond acceptors (Lipinski definition) is 2. The minimum atomic E-state index is 0.111. The van der Waals surface area contributed by atoms with Crippen LogP contribution in [0.4, 0.5) is 0 Å². The van der Waals surface area contributed by atoms with Gasteiger partial charge in [0.1, 0.15) is 0 Å². The molecule has 1 saturated carbocycles. The maximum absolute atomic E-state index is 13.0. The minimum Gasteiger partial charge on any atom is -0.294 e. The van der Waals surface area contributed by atoms with Gasteiger partial charge in [0.25, 0.3) is 0 Å². The first-order valence-electron chi connectivity index (χ1n) is 7.47. The van der Waals surface area contributed by atoms with E-state index in [0.29, 0.717) is 5.78 Å². The second kappa shape index (κ2) is 5.01. The summed E-state index contributed by atoms with van der Waals surface area (Å²) in [6, 6.07) is 9.78. The van der Waals surface area contributed by atoms with Crippen LogP contribution < -0.4 is 0 Å². The third kappa shape index (κ3) is 2.24. The summed E-state index contributed by atoms with van der Waals surface area (Å²) in [7, 11) is 0. The van der Waals surface area contributed by atoms with E-state index < -0.39 is 0 Å². The molecule has 0 aliphatic heterocycles.